The molecule has 1 atom stereocenters. The topological polar surface area (TPSA) is 20.2 Å². The van der Waals surface area contributed by atoms with Crippen LogP contribution in [0.25, 0.3) is 0 Å². The van der Waals surface area contributed by atoms with Crippen molar-refractivity contribution in [2.45, 2.75) is 25.2 Å². The van der Waals surface area contributed by atoms with Crippen LogP contribution < -0.4 is 0 Å². The van der Waals surface area contributed by atoms with Crippen molar-refractivity contribution in [2.75, 3.05) is 0 Å². The van der Waals surface area contributed by atoms with Crippen LogP contribution in [0.1, 0.15) is 24.3 Å². The van der Waals surface area contributed by atoms with Gasteiger partial charge in [-0.3, -0.25) is 0 Å². The fourth-order valence-electron chi connectivity index (χ4n) is 1.78. The molecule has 76 valence electrons. The number of aromatic hydroxyl groups is 1. The van der Waals surface area contributed by atoms with Gasteiger partial charge in [-0.25, -0.2) is 8.78 Å². The summed E-state index contributed by atoms with van der Waals surface area (Å²) in [6.07, 6.45) is -0.502. The number of phenolic OH excluding ortho intramolecular Hbond substituents is 1. The number of alkyl halides is 2. The van der Waals surface area contributed by atoms with E-state index in [4.69, 9.17) is 5.11 Å². The number of hydrogen-bond donors (Lipinski definition) is 1. The van der Waals surface area contributed by atoms with E-state index in [1.54, 1.807) is 12.1 Å². The molecular weight excluding hydrogens is 186 g/mol. The Morgan fingerprint density at radius 2 is 1.71 bits per heavy atom. The van der Waals surface area contributed by atoms with Crippen LogP contribution >= 0.6 is 0 Å². The zero-order valence-corrected chi connectivity index (χ0v) is 7.66. The maximum Gasteiger partial charge on any atom is 0.245 e. The molecule has 1 N–H and O–H groups in total. The van der Waals surface area contributed by atoms with E-state index in [1.807, 2.05) is 0 Å². The molecule has 3 heteroatoms. The van der Waals surface area contributed by atoms with Gasteiger partial charge in [-0.1, -0.05) is 12.1 Å². The van der Waals surface area contributed by atoms with E-state index in [0.717, 1.165) is 12.8 Å². The number of hydrogen-bond acceptors (Lipinski definition) is 1. The molecule has 1 aliphatic rings. The molecular formula is C11H12F2O. The van der Waals surface area contributed by atoms with Crippen molar-refractivity contribution in [2.24, 2.45) is 5.92 Å². The number of halogens is 2. The van der Waals surface area contributed by atoms with Gasteiger partial charge >= 0.3 is 0 Å². The maximum absolute atomic E-state index is 12.7. The molecule has 1 aromatic rings. The molecule has 2 rings (SSSR count). The van der Waals surface area contributed by atoms with Gasteiger partial charge in [-0.05, 0) is 36.5 Å². The highest BCUT2D eigenvalue weighted by Crippen LogP contribution is 2.45. The predicted octanol–water partition coefficient (Wildman–Crippen LogP) is 3.15. The Balaban J connectivity index is 2.21. The molecule has 1 aliphatic carbocycles. The fourth-order valence-corrected chi connectivity index (χ4v) is 1.78. The molecule has 1 fully saturated rings. The van der Waals surface area contributed by atoms with Crippen molar-refractivity contribution in [1.82, 2.24) is 0 Å². The summed E-state index contributed by atoms with van der Waals surface area (Å²) < 4.78 is 25.4. The lowest BCUT2D eigenvalue weighted by Crippen LogP contribution is -2.11. The summed E-state index contributed by atoms with van der Waals surface area (Å²) in [4.78, 5) is 0. The van der Waals surface area contributed by atoms with Gasteiger partial charge in [0.05, 0.1) is 0 Å². The third-order valence-corrected chi connectivity index (χ3v) is 2.68. The Kier molecular flexibility index (Phi) is 2.40. The second kappa shape index (κ2) is 3.56. The van der Waals surface area contributed by atoms with Crippen LogP contribution in [0.2, 0.25) is 0 Å². The molecule has 1 nitrogen and oxygen atoms in total. The monoisotopic (exact) mass is 198 g/mol. The second-order valence-corrected chi connectivity index (χ2v) is 3.79. The van der Waals surface area contributed by atoms with Gasteiger partial charge in [0.25, 0.3) is 0 Å². The van der Waals surface area contributed by atoms with Crippen LogP contribution in [-0.4, -0.2) is 11.5 Å². The standard InChI is InChI=1S/C11H12F2O/c12-11(13)10(7-1-2-7)8-3-5-9(14)6-4-8/h3-7,10-11,14H,1-2H2. The third-order valence-electron chi connectivity index (χ3n) is 2.68. The number of phenols is 1. The second-order valence-electron chi connectivity index (χ2n) is 3.79. The Bertz CT molecular complexity index is 302. The zero-order chi connectivity index (χ0) is 10.1. The minimum atomic E-state index is -2.30. The summed E-state index contributed by atoms with van der Waals surface area (Å²) in [7, 11) is 0. The highest BCUT2D eigenvalue weighted by Gasteiger charge is 2.38. The molecule has 0 aromatic heterocycles. The molecule has 0 aliphatic heterocycles. The lowest BCUT2D eigenvalue weighted by atomic mass is 9.95. The van der Waals surface area contributed by atoms with Crippen LogP contribution in [0, 0.1) is 5.92 Å². The molecule has 0 spiro atoms. The van der Waals surface area contributed by atoms with E-state index in [9.17, 15) is 8.78 Å². The van der Waals surface area contributed by atoms with Crippen molar-refractivity contribution < 1.29 is 13.9 Å². The van der Waals surface area contributed by atoms with Gasteiger partial charge in [0.1, 0.15) is 5.75 Å². The average Bonchev–Trinajstić information content (AvgIpc) is 2.92. The average molecular weight is 198 g/mol. The Morgan fingerprint density at radius 1 is 1.14 bits per heavy atom. The quantitative estimate of drug-likeness (QED) is 0.791. The van der Waals surface area contributed by atoms with E-state index < -0.39 is 12.3 Å². The van der Waals surface area contributed by atoms with E-state index >= 15 is 0 Å². The van der Waals surface area contributed by atoms with Gasteiger partial charge in [-0.15, -0.1) is 0 Å². The van der Waals surface area contributed by atoms with E-state index in [-0.39, 0.29) is 11.7 Å². The predicted molar refractivity (Wildman–Crippen MR) is 49.6 cm³/mol. The normalized spacial score (nSPS) is 18.5. The van der Waals surface area contributed by atoms with E-state index in [1.165, 1.54) is 12.1 Å². The van der Waals surface area contributed by atoms with Crippen molar-refractivity contribution in [3.05, 3.63) is 29.8 Å². The lowest BCUT2D eigenvalue weighted by molar-refractivity contribution is 0.104. The first-order valence-corrected chi connectivity index (χ1v) is 4.75. The molecule has 1 aromatic carbocycles. The largest absolute Gasteiger partial charge is 0.508 e. The van der Waals surface area contributed by atoms with Gasteiger partial charge < -0.3 is 5.11 Å². The molecule has 0 amide bonds. The first kappa shape index (κ1) is 9.44. The summed E-state index contributed by atoms with van der Waals surface area (Å²) >= 11 is 0. The number of rotatable bonds is 3. The number of benzene rings is 1. The van der Waals surface area contributed by atoms with Crippen molar-refractivity contribution in [1.29, 1.82) is 0 Å². The molecule has 1 saturated carbocycles. The van der Waals surface area contributed by atoms with Crippen molar-refractivity contribution in [3.8, 4) is 5.75 Å². The summed E-state index contributed by atoms with van der Waals surface area (Å²) in [5, 5.41) is 9.04. The molecule has 0 radical (unpaired) electrons. The van der Waals surface area contributed by atoms with Crippen LogP contribution in [0.15, 0.2) is 24.3 Å². The van der Waals surface area contributed by atoms with Crippen molar-refractivity contribution >= 4 is 0 Å². The molecule has 0 bridgehead atoms. The Morgan fingerprint density at radius 3 is 2.14 bits per heavy atom. The summed E-state index contributed by atoms with van der Waals surface area (Å²) in [6.45, 7) is 0. The van der Waals surface area contributed by atoms with Gasteiger partial charge in [-0.2, -0.15) is 0 Å². The molecule has 14 heavy (non-hydrogen) atoms. The zero-order valence-electron chi connectivity index (χ0n) is 7.66. The third kappa shape index (κ3) is 1.86. The fraction of sp³-hybridized carbons (Fsp3) is 0.455. The molecule has 0 heterocycles. The van der Waals surface area contributed by atoms with Gasteiger partial charge in [0.15, 0.2) is 0 Å². The highest BCUT2D eigenvalue weighted by molar-refractivity contribution is 5.29. The van der Waals surface area contributed by atoms with E-state index in [0.29, 0.717) is 5.56 Å². The van der Waals surface area contributed by atoms with Crippen LogP contribution in [0.3, 0.4) is 0 Å². The SMILES string of the molecule is Oc1ccc(C(C(F)F)C2CC2)cc1. The smallest absolute Gasteiger partial charge is 0.245 e. The van der Waals surface area contributed by atoms with Gasteiger partial charge in [0, 0.05) is 5.92 Å². The van der Waals surface area contributed by atoms with Crippen LogP contribution in [0.4, 0.5) is 8.78 Å². The highest BCUT2D eigenvalue weighted by atomic mass is 19.3. The van der Waals surface area contributed by atoms with Gasteiger partial charge in [0.2, 0.25) is 6.43 Å². The Hall–Kier alpha value is -1.12. The van der Waals surface area contributed by atoms with E-state index in [2.05, 4.69) is 0 Å². The summed E-state index contributed by atoms with van der Waals surface area (Å²) in [6, 6.07) is 6.11. The summed E-state index contributed by atoms with van der Waals surface area (Å²) in [5.41, 5.74) is 0.639. The van der Waals surface area contributed by atoms with Crippen LogP contribution in [0.5, 0.6) is 5.75 Å². The Labute approximate surface area is 81.4 Å². The minimum absolute atomic E-state index is 0.123. The minimum Gasteiger partial charge on any atom is -0.508 e. The summed E-state index contributed by atoms with van der Waals surface area (Å²) in [5.74, 6) is -0.382. The lowest BCUT2D eigenvalue weighted by Gasteiger charge is -2.15. The maximum atomic E-state index is 12.7. The molecule has 1 unspecified atom stereocenters. The first-order valence-electron chi connectivity index (χ1n) is 4.75. The first-order chi connectivity index (χ1) is 6.68. The van der Waals surface area contributed by atoms with Crippen LogP contribution in [-0.2, 0) is 0 Å². The molecule has 0 saturated heterocycles. The van der Waals surface area contributed by atoms with Crippen molar-refractivity contribution in [3.63, 3.8) is 0 Å².